The third-order valence-corrected chi connectivity index (χ3v) is 2.66. The Morgan fingerprint density at radius 2 is 2.15 bits per heavy atom. The summed E-state index contributed by atoms with van der Waals surface area (Å²) in [5.74, 6) is -0.969. The fourth-order valence-electron chi connectivity index (χ4n) is 1.78. The Morgan fingerprint density at radius 3 is 2.65 bits per heavy atom. The van der Waals surface area contributed by atoms with E-state index in [1.54, 1.807) is 4.90 Å². The zero-order valence-corrected chi connectivity index (χ0v) is 11.9. The van der Waals surface area contributed by atoms with E-state index >= 15 is 0 Å². The van der Waals surface area contributed by atoms with Crippen LogP contribution in [0.3, 0.4) is 0 Å². The highest BCUT2D eigenvalue weighted by Crippen LogP contribution is 2.23. The van der Waals surface area contributed by atoms with E-state index in [1.807, 2.05) is 20.8 Å². The first-order valence-electron chi connectivity index (χ1n) is 6.38. The second-order valence-corrected chi connectivity index (χ2v) is 4.64. The van der Waals surface area contributed by atoms with E-state index < -0.39 is 5.97 Å². The van der Waals surface area contributed by atoms with Crippen molar-refractivity contribution in [2.45, 2.75) is 26.8 Å². The number of carboxylic acids is 1. The van der Waals surface area contributed by atoms with Gasteiger partial charge in [-0.25, -0.2) is 9.78 Å². The summed E-state index contributed by atoms with van der Waals surface area (Å²) in [5.41, 5.74) is 5.87. The quantitative estimate of drug-likeness (QED) is 0.708. The normalized spacial score (nSPS) is 10.4. The lowest BCUT2D eigenvalue weighted by atomic mass is 10.2. The number of hydrogen-bond donors (Lipinski definition) is 3. The van der Waals surface area contributed by atoms with Crippen molar-refractivity contribution >= 4 is 23.4 Å². The molecule has 1 aromatic rings. The molecule has 20 heavy (non-hydrogen) atoms. The summed E-state index contributed by atoms with van der Waals surface area (Å²) < 4.78 is 0. The molecule has 0 radical (unpaired) electrons. The van der Waals surface area contributed by atoms with Gasteiger partial charge in [0.05, 0.1) is 17.8 Å². The van der Waals surface area contributed by atoms with Gasteiger partial charge in [-0.3, -0.25) is 4.79 Å². The van der Waals surface area contributed by atoms with Crippen LogP contribution in [0.4, 0.5) is 11.5 Å². The first kappa shape index (κ1) is 15.7. The molecule has 0 aliphatic heterocycles. The highest BCUT2D eigenvalue weighted by molar-refractivity contribution is 5.96. The highest BCUT2D eigenvalue weighted by atomic mass is 16.4. The van der Waals surface area contributed by atoms with Gasteiger partial charge < -0.3 is 21.1 Å². The van der Waals surface area contributed by atoms with E-state index in [0.717, 1.165) is 0 Å². The number of nitrogens with one attached hydrogen (secondary N) is 1. The maximum absolute atomic E-state index is 11.8. The van der Waals surface area contributed by atoms with Crippen molar-refractivity contribution in [2.75, 3.05) is 23.7 Å². The first-order valence-corrected chi connectivity index (χ1v) is 6.38. The average Bonchev–Trinajstić information content (AvgIpc) is 2.35. The molecule has 0 aliphatic carbocycles. The molecule has 0 aromatic carbocycles. The number of carbonyl (C=O) groups excluding carboxylic acids is 1. The maximum atomic E-state index is 11.8. The monoisotopic (exact) mass is 280 g/mol. The van der Waals surface area contributed by atoms with E-state index in [9.17, 15) is 9.59 Å². The van der Waals surface area contributed by atoms with Crippen LogP contribution in [-0.2, 0) is 4.79 Å². The third kappa shape index (κ3) is 3.84. The van der Waals surface area contributed by atoms with Crippen molar-refractivity contribution in [1.29, 1.82) is 0 Å². The van der Waals surface area contributed by atoms with Crippen LogP contribution in [-0.4, -0.2) is 41.1 Å². The molecule has 110 valence electrons. The largest absolute Gasteiger partial charge is 0.478 e. The van der Waals surface area contributed by atoms with Crippen LogP contribution < -0.4 is 16.0 Å². The van der Waals surface area contributed by atoms with Gasteiger partial charge in [0, 0.05) is 18.8 Å². The summed E-state index contributed by atoms with van der Waals surface area (Å²) in [5, 5.41) is 11.8. The van der Waals surface area contributed by atoms with Crippen LogP contribution in [0.15, 0.2) is 12.3 Å². The number of nitrogens with two attached hydrogens (primary N) is 1. The minimum absolute atomic E-state index is 0.0160. The van der Waals surface area contributed by atoms with Gasteiger partial charge in [-0.05, 0) is 26.8 Å². The van der Waals surface area contributed by atoms with E-state index in [0.29, 0.717) is 12.4 Å². The fourth-order valence-corrected chi connectivity index (χ4v) is 1.78. The van der Waals surface area contributed by atoms with Crippen LogP contribution in [0.1, 0.15) is 31.1 Å². The van der Waals surface area contributed by atoms with Crippen LogP contribution in [0.25, 0.3) is 0 Å². The minimum Gasteiger partial charge on any atom is -0.478 e. The van der Waals surface area contributed by atoms with E-state index in [1.165, 1.54) is 12.3 Å². The van der Waals surface area contributed by atoms with Crippen molar-refractivity contribution in [3.8, 4) is 0 Å². The number of rotatable bonds is 6. The second-order valence-electron chi connectivity index (χ2n) is 4.64. The van der Waals surface area contributed by atoms with Crippen molar-refractivity contribution in [2.24, 2.45) is 0 Å². The predicted molar refractivity (Wildman–Crippen MR) is 76.8 cm³/mol. The molecule has 1 heterocycles. The lowest BCUT2D eigenvalue weighted by molar-refractivity contribution is -0.120. The number of aromatic carboxylic acids is 1. The second kappa shape index (κ2) is 6.74. The van der Waals surface area contributed by atoms with E-state index in [2.05, 4.69) is 10.3 Å². The Hall–Kier alpha value is -2.31. The molecule has 0 atom stereocenters. The lowest BCUT2D eigenvalue weighted by Crippen LogP contribution is -2.40. The molecule has 0 bridgehead atoms. The molecule has 1 aromatic heterocycles. The van der Waals surface area contributed by atoms with Gasteiger partial charge in [-0.1, -0.05) is 0 Å². The Balaban J connectivity index is 2.98. The summed E-state index contributed by atoms with van der Waals surface area (Å²) >= 11 is 0. The predicted octanol–water partition coefficient (Wildman–Crippen LogP) is 0.713. The molecule has 0 saturated heterocycles. The smallest absolute Gasteiger partial charge is 0.337 e. The summed E-state index contributed by atoms with van der Waals surface area (Å²) in [6.07, 6.45) is 1.37. The number of nitrogens with zero attached hydrogens (tertiary/aromatic N) is 2. The van der Waals surface area contributed by atoms with E-state index in [-0.39, 0.29) is 29.7 Å². The molecule has 0 aliphatic rings. The topological polar surface area (TPSA) is 109 Å². The van der Waals surface area contributed by atoms with Crippen LogP contribution in [0.2, 0.25) is 0 Å². The number of hydrogen-bond acceptors (Lipinski definition) is 5. The molecule has 0 unspecified atom stereocenters. The Kier molecular flexibility index (Phi) is 5.31. The molecular formula is C13H20N4O3. The Morgan fingerprint density at radius 1 is 1.50 bits per heavy atom. The van der Waals surface area contributed by atoms with Gasteiger partial charge in [-0.15, -0.1) is 0 Å². The Labute approximate surface area is 117 Å². The van der Waals surface area contributed by atoms with Crippen molar-refractivity contribution < 1.29 is 14.7 Å². The average molecular weight is 280 g/mol. The number of likely N-dealkylation sites (N-methyl/N-ethyl adjacent to an activating group) is 1. The standard InChI is InChI=1S/C13H20N4O3/c1-4-17(7-10(18)16-8(2)3)12-11(14)9(13(19)20)5-6-15-12/h5-6,8H,4,7,14H2,1-3H3,(H,16,18)(H,19,20). The molecule has 1 rings (SSSR count). The molecule has 0 saturated carbocycles. The van der Waals surface area contributed by atoms with Crippen LogP contribution in [0, 0.1) is 0 Å². The molecule has 4 N–H and O–H groups in total. The number of anilines is 2. The number of pyridine rings is 1. The summed E-state index contributed by atoms with van der Waals surface area (Å²) in [7, 11) is 0. The number of carboxylic acid groups (broad SMARTS) is 1. The van der Waals surface area contributed by atoms with Gasteiger partial charge in [0.25, 0.3) is 0 Å². The highest BCUT2D eigenvalue weighted by Gasteiger charge is 2.18. The van der Waals surface area contributed by atoms with Crippen LogP contribution >= 0.6 is 0 Å². The van der Waals surface area contributed by atoms with Crippen molar-refractivity contribution in [3.63, 3.8) is 0 Å². The maximum Gasteiger partial charge on any atom is 0.337 e. The van der Waals surface area contributed by atoms with Gasteiger partial charge in [0.2, 0.25) is 5.91 Å². The number of carbonyl (C=O) groups is 2. The molecule has 0 spiro atoms. The first-order chi connectivity index (χ1) is 9.36. The summed E-state index contributed by atoms with van der Waals surface area (Å²) in [6, 6.07) is 1.38. The zero-order valence-electron chi connectivity index (χ0n) is 11.9. The van der Waals surface area contributed by atoms with Gasteiger partial charge in [-0.2, -0.15) is 0 Å². The van der Waals surface area contributed by atoms with Gasteiger partial charge in [0.15, 0.2) is 5.82 Å². The lowest BCUT2D eigenvalue weighted by Gasteiger charge is -2.23. The minimum atomic E-state index is -1.12. The Bertz CT molecular complexity index is 502. The molecule has 7 nitrogen and oxygen atoms in total. The summed E-state index contributed by atoms with van der Waals surface area (Å²) in [6.45, 7) is 6.15. The van der Waals surface area contributed by atoms with E-state index in [4.69, 9.17) is 10.8 Å². The zero-order chi connectivity index (χ0) is 15.3. The third-order valence-electron chi connectivity index (χ3n) is 2.66. The molecule has 7 heteroatoms. The number of amides is 1. The number of nitrogen functional groups attached to an aromatic ring is 1. The summed E-state index contributed by atoms with van der Waals surface area (Å²) in [4.78, 5) is 28.6. The van der Waals surface area contributed by atoms with Gasteiger partial charge in [0.1, 0.15) is 0 Å². The SMILES string of the molecule is CCN(CC(=O)NC(C)C)c1nccc(C(=O)O)c1N. The van der Waals surface area contributed by atoms with Crippen LogP contribution in [0.5, 0.6) is 0 Å². The van der Waals surface area contributed by atoms with Crippen molar-refractivity contribution in [3.05, 3.63) is 17.8 Å². The van der Waals surface area contributed by atoms with Gasteiger partial charge >= 0.3 is 5.97 Å². The molecule has 1 amide bonds. The number of aromatic nitrogens is 1. The van der Waals surface area contributed by atoms with Crippen molar-refractivity contribution in [1.82, 2.24) is 10.3 Å². The molecular weight excluding hydrogens is 260 g/mol. The molecule has 0 fully saturated rings. The fraction of sp³-hybridized carbons (Fsp3) is 0.462.